The van der Waals surface area contributed by atoms with Gasteiger partial charge in [0.2, 0.25) is 5.91 Å². The lowest BCUT2D eigenvalue weighted by atomic mass is 10.1. The Morgan fingerprint density at radius 3 is 2.57 bits per heavy atom. The van der Waals surface area contributed by atoms with Gasteiger partial charge in [-0.25, -0.2) is 4.98 Å². The number of carbonyl (C=O) groups is 1. The van der Waals surface area contributed by atoms with Crippen LogP contribution in [0.5, 0.6) is 0 Å². The van der Waals surface area contributed by atoms with E-state index in [9.17, 15) is 4.79 Å². The Hall–Kier alpha value is -2.46. The minimum atomic E-state index is 0.0290. The molecule has 0 bridgehead atoms. The summed E-state index contributed by atoms with van der Waals surface area (Å²) in [7, 11) is 0. The van der Waals surface area contributed by atoms with Crippen molar-refractivity contribution in [3.63, 3.8) is 0 Å². The van der Waals surface area contributed by atoms with E-state index in [2.05, 4.69) is 16.4 Å². The van der Waals surface area contributed by atoms with E-state index < -0.39 is 0 Å². The maximum Gasteiger partial charge on any atom is 0.224 e. The predicted molar refractivity (Wildman–Crippen MR) is 94.3 cm³/mol. The smallest absolute Gasteiger partial charge is 0.224 e. The fraction of sp³-hybridized carbons (Fsp3) is 0.158. The normalized spacial score (nSPS) is 10.5. The third-order valence-corrected chi connectivity index (χ3v) is 4.54. The van der Waals surface area contributed by atoms with Gasteiger partial charge in [-0.1, -0.05) is 54.6 Å². The van der Waals surface area contributed by atoms with Crippen LogP contribution >= 0.6 is 11.3 Å². The SMILES string of the molecule is Cc1csc(-c2ccccc2CNC(=O)Cc2ccccc2)n1. The highest BCUT2D eigenvalue weighted by molar-refractivity contribution is 7.13. The highest BCUT2D eigenvalue weighted by atomic mass is 32.1. The maximum absolute atomic E-state index is 12.1. The third kappa shape index (κ3) is 4.05. The summed E-state index contributed by atoms with van der Waals surface area (Å²) < 4.78 is 0. The van der Waals surface area contributed by atoms with Gasteiger partial charge in [-0.15, -0.1) is 11.3 Å². The highest BCUT2D eigenvalue weighted by Crippen LogP contribution is 2.26. The number of thiazole rings is 1. The summed E-state index contributed by atoms with van der Waals surface area (Å²) in [4.78, 5) is 16.7. The van der Waals surface area contributed by atoms with Crippen LogP contribution in [0.15, 0.2) is 60.0 Å². The number of amides is 1. The Morgan fingerprint density at radius 1 is 1.09 bits per heavy atom. The number of nitrogens with zero attached hydrogens (tertiary/aromatic N) is 1. The van der Waals surface area contributed by atoms with Gasteiger partial charge < -0.3 is 5.32 Å². The number of rotatable bonds is 5. The molecule has 0 spiro atoms. The van der Waals surface area contributed by atoms with E-state index in [-0.39, 0.29) is 5.91 Å². The van der Waals surface area contributed by atoms with Gasteiger partial charge in [0.15, 0.2) is 0 Å². The van der Waals surface area contributed by atoms with E-state index in [0.29, 0.717) is 13.0 Å². The zero-order valence-electron chi connectivity index (χ0n) is 13.0. The molecule has 3 nitrogen and oxygen atoms in total. The van der Waals surface area contributed by atoms with Gasteiger partial charge in [0.25, 0.3) is 0 Å². The van der Waals surface area contributed by atoms with E-state index in [1.807, 2.05) is 60.8 Å². The van der Waals surface area contributed by atoms with Crippen molar-refractivity contribution in [1.29, 1.82) is 0 Å². The number of nitrogens with one attached hydrogen (secondary N) is 1. The fourth-order valence-corrected chi connectivity index (χ4v) is 3.26. The third-order valence-electron chi connectivity index (χ3n) is 3.55. The summed E-state index contributed by atoms with van der Waals surface area (Å²) in [5.41, 5.74) is 4.22. The van der Waals surface area contributed by atoms with Gasteiger partial charge in [0.05, 0.1) is 6.42 Å². The molecule has 0 saturated carbocycles. The first-order chi connectivity index (χ1) is 11.2. The molecule has 3 rings (SSSR count). The van der Waals surface area contributed by atoms with Crippen molar-refractivity contribution in [2.45, 2.75) is 19.9 Å². The lowest BCUT2D eigenvalue weighted by Gasteiger charge is -2.09. The first-order valence-electron chi connectivity index (χ1n) is 7.53. The van der Waals surface area contributed by atoms with Crippen LogP contribution in [-0.2, 0) is 17.8 Å². The molecule has 0 aliphatic carbocycles. The predicted octanol–water partition coefficient (Wildman–Crippen LogP) is 3.98. The van der Waals surface area contributed by atoms with Crippen LogP contribution in [0, 0.1) is 6.92 Å². The molecule has 0 fully saturated rings. The monoisotopic (exact) mass is 322 g/mol. The zero-order chi connectivity index (χ0) is 16.1. The number of hydrogen-bond donors (Lipinski definition) is 1. The van der Waals surface area contributed by atoms with E-state index >= 15 is 0 Å². The minimum Gasteiger partial charge on any atom is -0.352 e. The Kier molecular flexibility index (Phi) is 4.83. The van der Waals surface area contributed by atoms with Crippen molar-refractivity contribution in [3.05, 3.63) is 76.8 Å². The summed E-state index contributed by atoms with van der Waals surface area (Å²) in [6.07, 6.45) is 0.402. The molecule has 0 unspecified atom stereocenters. The van der Waals surface area contributed by atoms with Crippen LogP contribution in [-0.4, -0.2) is 10.9 Å². The zero-order valence-corrected chi connectivity index (χ0v) is 13.8. The molecule has 0 aliphatic rings. The van der Waals surface area contributed by atoms with E-state index in [4.69, 9.17) is 0 Å². The average Bonchev–Trinajstić information content (AvgIpc) is 3.00. The molecule has 23 heavy (non-hydrogen) atoms. The van der Waals surface area contributed by atoms with Crippen molar-refractivity contribution >= 4 is 17.2 Å². The van der Waals surface area contributed by atoms with Crippen molar-refractivity contribution < 1.29 is 4.79 Å². The van der Waals surface area contributed by atoms with Crippen LogP contribution < -0.4 is 5.32 Å². The van der Waals surface area contributed by atoms with Gasteiger partial charge in [-0.05, 0) is 18.1 Å². The lowest BCUT2D eigenvalue weighted by molar-refractivity contribution is -0.120. The molecule has 0 saturated heterocycles. The first kappa shape index (κ1) is 15.4. The summed E-state index contributed by atoms with van der Waals surface area (Å²) in [5.74, 6) is 0.0290. The number of hydrogen-bond acceptors (Lipinski definition) is 3. The Labute approximate surface area is 140 Å². The maximum atomic E-state index is 12.1. The second-order valence-electron chi connectivity index (χ2n) is 5.39. The molecular formula is C19H18N2OS. The van der Waals surface area contributed by atoms with Crippen LogP contribution in [0.25, 0.3) is 10.6 Å². The molecule has 0 atom stereocenters. The van der Waals surface area contributed by atoms with Crippen LogP contribution in [0.1, 0.15) is 16.8 Å². The van der Waals surface area contributed by atoms with Crippen LogP contribution in [0.2, 0.25) is 0 Å². The molecule has 116 valence electrons. The van der Waals surface area contributed by atoms with Crippen molar-refractivity contribution in [1.82, 2.24) is 10.3 Å². The van der Waals surface area contributed by atoms with Gasteiger partial charge >= 0.3 is 0 Å². The molecule has 1 amide bonds. The van der Waals surface area contributed by atoms with Crippen LogP contribution in [0.3, 0.4) is 0 Å². The Morgan fingerprint density at radius 2 is 1.83 bits per heavy atom. The van der Waals surface area contributed by atoms with Gasteiger partial charge in [0, 0.05) is 23.2 Å². The fourth-order valence-electron chi connectivity index (χ4n) is 2.40. The highest BCUT2D eigenvalue weighted by Gasteiger charge is 2.09. The van der Waals surface area contributed by atoms with E-state index in [1.165, 1.54) is 0 Å². The largest absolute Gasteiger partial charge is 0.352 e. The molecule has 0 radical (unpaired) electrons. The number of aryl methyl sites for hydroxylation is 1. The summed E-state index contributed by atoms with van der Waals surface area (Å²) in [6.45, 7) is 2.50. The van der Waals surface area contributed by atoms with E-state index in [1.54, 1.807) is 11.3 Å². The second kappa shape index (κ2) is 7.20. The minimum absolute atomic E-state index is 0.0290. The van der Waals surface area contributed by atoms with E-state index in [0.717, 1.165) is 27.4 Å². The first-order valence-corrected chi connectivity index (χ1v) is 8.41. The molecule has 1 N–H and O–H groups in total. The lowest BCUT2D eigenvalue weighted by Crippen LogP contribution is -2.24. The number of aromatic nitrogens is 1. The van der Waals surface area contributed by atoms with Crippen molar-refractivity contribution in [2.75, 3.05) is 0 Å². The molecule has 1 aromatic heterocycles. The van der Waals surface area contributed by atoms with Gasteiger partial charge in [-0.3, -0.25) is 4.79 Å². The average molecular weight is 322 g/mol. The molecule has 4 heteroatoms. The van der Waals surface area contributed by atoms with Crippen molar-refractivity contribution in [3.8, 4) is 10.6 Å². The standard InChI is InChI=1S/C19H18N2OS/c1-14-13-23-19(21-14)17-10-6-5-9-16(17)12-20-18(22)11-15-7-3-2-4-8-15/h2-10,13H,11-12H2,1H3,(H,20,22). The topological polar surface area (TPSA) is 42.0 Å². The number of benzene rings is 2. The van der Waals surface area contributed by atoms with Gasteiger partial charge in [0.1, 0.15) is 5.01 Å². The summed E-state index contributed by atoms with van der Waals surface area (Å²) >= 11 is 1.63. The molecule has 3 aromatic rings. The molecule has 2 aromatic carbocycles. The van der Waals surface area contributed by atoms with Crippen LogP contribution in [0.4, 0.5) is 0 Å². The van der Waals surface area contributed by atoms with Crippen molar-refractivity contribution in [2.24, 2.45) is 0 Å². The summed E-state index contributed by atoms with van der Waals surface area (Å²) in [5, 5.41) is 6.04. The molecule has 0 aliphatic heterocycles. The molecule has 1 heterocycles. The Balaban J connectivity index is 1.68. The quantitative estimate of drug-likeness (QED) is 0.772. The Bertz CT molecular complexity index is 796. The molecular weight excluding hydrogens is 304 g/mol. The second-order valence-corrected chi connectivity index (χ2v) is 6.25. The van der Waals surface area contributed by atoms with Gasteiger partial charge in [-0.2, -0.15) is 0 Å². The summed E-state index contributed by atoms with van der Waals surface area (Å²) in [6, 6.07) is 17.9. The number of carbonyl (C=O) groups excluding carboxylic acids is 1.